The van der Waals surface area contributed by atoms with Gasteiger partial charge in [-0.05, 0) is 34.1 Å². The van der Waals surface area contributed by atoms with Crippen molar-refractivity contribution in [3.05, 3.63) is 0 Å². The molecular formula is C10H21BrO3Si. The molecule has 0 spiro atoms. The van der Waals surface area contributed by atoms with E-state index in [2.05, 4.69) is 22.9 Å². The molecule has 0 aliphatic heterocycles. The SMILES string of the molecule is CCO[Si](OCC)(OCC)C1CC1(C)Br. The largest absolute Gasteiger partial charge is 0.505 e. The van der Waals surface area contributed by atoms with Crippen LogP contribution in [-0.2, 0) is 13.3 Å². The normalized spacial score (nSPS) is 30.6. The van der Waals surface area contributed by atoms with Crippen molar-refractivity contribution in [2.24, 2.45) is 0 Å². The fourth-order valence-corrected chi connectivity index (χ4v) is 6.80. The molecule has 0 N–H and O–H groups in total. The first-order chi connectivity index (χ1) is 7.02. The third-order valence-electron chi connectivity index (χ3n) is 2.63. The predicted octanol–water partition coefficient (Wildman–Crippen LogP) is 2.96. The summed E-state index contributed by atoms with van der Waals surface area (Å²) in [6, 6.07) is 0. The van der Waals surface area contributed by atoms with Crippen LogP contribution < -0.4 is 0 Å². The van der Waals surface area contributed by atoms with E-state index in [9.17, 15) is 0 Å². The van der Waals surface area contributed by atoms with Gasteiger partial charge in [0, 0.05) is 29.7 Å². The van der Waals surface area contributed by atoms with E-state index in [1.54, 1.807) is 0 Å². The van der Waals surface area contributed by atoms with Crippen LogP contribution in [0, 0.1) is 0 Å². The van der Waals surface area contributed by atoms with Crippen LogP contribution in [0.1, 0.15) is 34.1 Å². The molecule has 0 aromatic rings. The average molecular weight is 297 g/mol. The van der Waals surface area contributed by atoms with Gasteiger partial charge in [0.05, 0.1) is 0 Å². The predicted molar refractivity (Wildman–Crippen MR) is 66.3 cm³/mol. The summed E-state index contributed by atoms with van der Waals surface area (Å²) >= 11 is 3.69. The highest BCUT2D eigenvalue weighted by molar-refractivity contribution is 9.10. The summed E-state index contributed by atoms with van der Waals surface area (Å²) in [5, 5.41) is 0. The molecular weight excluding hydrogens is 276 g/mol. The molecule has 15 heavy (non-hydrogen) atoms. The second-order valence-electron chi connectivity index (χ2n) is 3.94. The van der Waals surface area contributed by atoms with E-state index in [-0.39, 0.29) is 4.32 Å². The zero-order valence-corrected chi connectivity index (χ0v) is 12.6. The van der Waals surface area contributed by atoms with Crippen molar-refractivity contribution in [1.82, 2.24) is 0 Å². The van der Waals surface area contributed by atoms with Crippen molar-refractivity contribution in [2.75, 3.05) is 19.8 Å². The second-order valence-corrected chi connectivity index (χ2v) is 8.52. The number of rotatable bonds is 7. The standard InChI is InChI=1S/C10H21BrO3Si/c1-5-12-15(13-6-2,14-7-3)9-8-10(9,4)11/h9H,5-8H2,1-4H3. The van der Waals surface area contributed by atoms with E-state index < -0.39 is 8.80 Å². The molecule has 0 aromatic heterocycles. The van der Waals surface area contributed by atoms with E-state index in [1.807, 2.05) is 20.8 Å². The first-order valence-electron chi connectivity index (χ1n) is 5.63. The molecule has 0 heterocycles. The summed E-state index contributed by atoms with van der Waals surface area (Å²) in [4.78, 5) is 0. The first-order valence-corrected chi connectivity index (χ1v) is 8.22. The Morgan fingerprint density at radius 2 is 1.47 bits per heavy atom. The third kappa shape index (κ3) is 3.03. The summed E-state index contributed by atoms with van der Waals surface area (Å²) in [6.07, 6.45) is 1.08. The van der Waals surface area contributed by atoms with Gasteiger partial charge in [-0.1, -0.05) is 15.9 Å². The molecule has 0 radical (unpaired) electrons. The number of alkyl halides is 1. The summed E-state index contributed by atoms with van der Waals surface area (Å²) < 4.78 is 17.7. The fraction of sp³-hybridized carbons (Fsp3) is 1.00. The van der Waals surface area contributed by atoms with Gasteiger partial charge in [-0.2, -0.15) is 0 Å². The Labute approximate surface area is 102 Å². The van der Waals surface area contributed by atoms with Gasteiger partial charge in [0.1, 0.15) is 0 Å². The zero-order valence-electron chi connectivity index (χ0n) is 10.0. The van der Waals surface area contributed by atoms with Gasteiger partial charge < -0.3 is 13.3 Å². The highest BCUT2D eigenvalue weighted by Crippen LogP contribution is 2.61. The maximum absolute atomic E-state index is 5.83. The maximum Gasteiger partial charge on any atom is 0.505 e. The Bertz CT molecular complexity index is 194. The summed E-state index contributed by atoms with van der Waals surface area (Å²) in [6.45, 7) is 10.1. The fourth-order valence-electron chi connectivity index (χ4n) is 1.86. The average Bonchev–Trinajstić information content (AvgIpc) is 2.77. The highest BCUT2D eigenvalue weighted by Gasteiger charge is 2.66. The molecule has 1 saturated carbocycles. The van der Waals surface area contributed by atoms with Gasteiger partial charge in [0.15, 0.2) is 0 Å². The molecule has 1 rings (SSSR count). The minimum absolute atomic E-state index is 0.152. The Kier molecular flexibility index (Phi) is 4.79. The molecule has 5 heteroatoms. The Balaban J connectivity index is 2.73. The summed E-state index contributed by atoms with van der Waals surface area (Å²) in [5.41, 5.74) is 0.407. The summed E-state index contributed by atoms with van der Waals surface area (Å²) in [7, 11) is -2.44. The van der Waals surface area contributed by atoms with E-state index in [0.29, 0.717) is 25.4 Å². The lowest BCUT2D eigenvalue weighted by Crippen LogP contribution is -2.48. The van der Waals surface area contributed by atoms with Gasteiger partial charge in [-0.3, -0.25) is 0 Å². The third-order valence-corrected chi connectivity index (χ3v) is 7.70. The van der Waals surface area contributed by atoms with Crippen LogP contribution in [0.4, 0.5) is 0 Å². The van der Waals surface area contributed by atoms with Crippen LogP contribution in [0.25, 0.3) is 0 Å². The van der Waals surface area contributed by atoms with Crippen molar-refractivity contribution >= 4 is 24.7 Å². The minimum atomic E-state index is -2.44. The molecule has 1 aliphatic carbocycles. The molecule has 1 fully saturated rings. The topological polar surface area (TPSA) is 27.7 Å². The zero-order chi connectivity index (χ0) is 11.5. The van der Waals surface area contributed by atoms with E-state index in [1.165, 1.54) is 0 Å². The lowest BCUT2D eigenvalue weighted by atomic mass is 10.5. The van der Waals surface area contributed by atoms with Gasteiger partial charge in [-0.25, -0.2) is 0 Å². The molecule has 3 nitrogen and oxygen atoms in total. The maximum atomic E-state index is 5.83. The quantitative estimate of drug-likeness (QED) is 0.534. The molecule has 0 aromatic carbocycles. The smallest absolute Gasteiger partial charge is 0.374 e. The van der Waals surface area contributed by atoms with Crippen LogP contribution in [-0.4, -0.2) is 32.9 Å². The molecule has 2 unspecified atom stereocenters. The van der Waals surface area contributed by atoms with E-state index in [0.717, 1.165) is 6.42 Å². The van der Waals surface area contributed by atoms with Crippen molar-refractivity contribution in [3.8, 4) is 0 Å². The van der Waals surface area contributed by atoms with Crippen molar-refractivity contribution in [2.45, 2.75) is 44.0 Å². The lowest BCUT2D eigenvalue weighted by Gasteiger charge is -2.29. The van der Waals surface area contributed by atoms with Crippen LogP contribution in [0.15, 0.2) is 0 Å². The Morgan fingerprint density at radius 1 is 1.13 bits per heavy atom. The van der Waals surface area contributed by atoms with Crippen LogP contribution >= 0.6 is 15.9 Å². The molecule has 0 amide bonds. The minimum Gasteiger partial charge on any atom is -0.374 e. The number of halogens is 1. The number of hydrogen-bond donors (Lipinski definition) is 0. The lowest BCUT2D eigenvalue weighted by molar-refractivity contribution is 0.0689. The molecule has 2 atom stereocenters. The van der Waals surface area contributed by atoms with Gasteiger partial charge in [-0.15, -0.1) is 0 Å². The van der Waals surface area contributed by atoms with Crippen LogP contribution in [0.2, 0.25) is 5.54 Å². The summed E-state index contributed by atoms with van der Waals surface area (Å²) in [5.74, 6) is 0. The molecule has 0 bridgehead atoms. The van der Waals surface area contributed by atoms with Crippen molar-refractivity contribution in [3.63, 3.8) is 0 Å². The van der Waals surface area contributed by atoms with Gasteiger partial charge >= 0.3 is 8.80 Å². The Hall–Kier alpha value is 0.577. The highest BCUT2D eigenvalue weighted by atomic mass is 79.9. The van der Waals surface area contributed by atoms with E-state index >= 15 is 0 Å². The monoisotopic (exact) mass is 296 g/mol. The Morgan fingerprint density at radius 3 is 1.67 bits per heavy atom. The van der Waals surface area contributed by atoms with Gasteiger partial charge in [0.25, 0.3) is 0 Å². The van der Waals surface area contributed by atoms with Crippen LogP contribution in [0.3, 0.4) is 0 Å². The molecule has 90 valence electrons. The molecule has 1 aliphatic rings. The van der Waals surface area contributed by atoms with Crippen LogP contribution in [0.5, 0.6) is 0 Å². The molecule has 0 saturated heterocycles. The van der Waals surface area contributed by atoms with Gasteiger partial charge in [0.2, 0.25) is 0 Å². The number of hydrogen-bond acceptors (Lipinski definition) is 3. The van der Waals surface area contributed by atoms with Crippen molar-refractivity contribution in [1.29, 1.82) is 0 Å². The van der Waals surface area contributed by atoms with Crippen molar-refractivity contribution < 1.29 is 13.3 Å². The second kappa shape index (κ2) is 5.27. The van der Waals surface area contributed by atoms with E-state index in [4.69, 9.17) is 13.3 Å². The first kappa shape index (κ1) is 13.6.